The van der Waals surface area contributed by atoms with Crippen molar-refractivity contribution in [3.05, 3.63) is 28.2 Å². The van der Waals surface area contributed by atoms with Gasteiger partial charge in [-0.15, -0.1) is 0 Å². The summed E-state index contributed by atoms with van der Waals surface area (Å²) in [5.74, 6) is -0.380. The molecule has 0 spiro atoms. The Morgan fingerprint density at radius 1 is 1.65 bits per heavy atom. The van der Waals surface area contributed by atoms with E-state index in [1.165, 1.54) is 12.3 Å². The number of halogens is 2. The van der Waals surface area contributed by atoms with E-state index in [-0.39, 0.29) is 5.82 Å². The Morgan fingerprint density at radius 3 is 2.82 bits per heavy atom. The van der Waals surface area contributed by atoms with Gasteiger partial charge >= 0.3 is 6.09 Å². The first kappa shape index (κ1) is 13.9. The number of aryl methyl sites for hydroxylation is 1. The van der Waals surface area contributed by atoms with Crippen LogP contribution in [-0.2, 0) is 11.2 Å². The molecule has 0 aliphatic heterocycles. The van der Waals surface area contributed by atoms with Gasteiger partial charge in [-0.3, -0.25) is 4.98 Å². The first-order valence-corrected chi connectivity index (χ1v) is 5.88. The SMILES string of the molecule is CC(C)(CCc1ncc(Br)cc1F)OC(N)=O. The highest BCUT2D eigenvalue weighted by atomic mass is 79.9. The van der Waals surface area contributed by atoms with E-state index < -0.39 is 11.7 Å². The van der Waals surface area contributed by atoms with Gasteiger partial charge in [-0.2, -0.15) is 0 Å². The second kappa shape index (κ2) is 5.44. The van der Waals surface area contributed by atoms with Crippen molar-refractivity contribution in [2.75, 3.05) is 0 Å². The van der Waals surface area contributed by atoms with Crippen molar-refractivity contribution in [1.82, 2.24) is 4.98 Å². The smallest absolute Gasteiger partial charge is 0.405 e. The third kappa shape index (κ3) is 4.68. The zero-order valence-electron chi connectivity index (χ0n) is 9.67. The molecule has 94 valence electrons. The minimum atomic E-state index is -0.834. The Kier molecular flexibility index (Phi) is 4.45. The summed E-state index contributed by atoms with van der Waals surface area (Å²) in [5, 5.41) is 0. The normalized spacial score (nSPS) is 11.3. The van der Waals surface area contributed by atoms with Gasteiger partial charge in [-0.25, -0.2) is 9.18 Å². The number of ether oxygens (including phenoxy) is 1. The maximum atomic E-state index is 13.5. The predicted octanol–water partition coefficient (Wildman–Crippen LogP) is 2.79. The van der Waals surface area contributed by atoms with Gasteiger partial charge in [0.2, 0.25) is 0 Å². The lowest BCUT2D eigenvalue weighted by Gasteiger charge is -2.23. The number of carbonyl (C=O) groups excluding carboxylic acids is 1. The molecule has 1 heterocycles. The molecular formula is C11H14BrFN2O2. The summed E-state index contributed by atoms with van der Waals surface area (Å²) in [6.45, 7) is 3.43. The molecule has 0 unspecified atom stereocenters. The fourth-order valence-electron chi connectivity index (χ4n) is 1.37. The molecule has 1 rings (SSSR count). The third-order valence-corrected chi connectivity index (χ3v) is 2.66. The summed E-state index contributed by atoms with van der Waals surface area (Å²) in [6, 6.07) is 1.35. The summed E-state index contributed by atoms with van der Waals surface area (Å²) < 4.78 is 19.0. The average molecular weight is 305 g/mol. The molecule has 0 bridgehead atoms. The molecule has 1 aromatic rings. The molecule has 4 nitrogen and oxygen atoms in total. The van der Waals surface area contributed by atoms with Gasteiger partial charge in [-0.1, -0.05) is 0 Å². The Hall–Kier alpha value is -1.17. The van der Waals surface area contributed by atoms with Gasteiger partial charge in [0.1, 0.15) is 11.4 Å². The molecule has 2 N–H and O–H groups in total. The van der Waals surface area contributed by atoms with Crippen molar-refractivity contribution in [3.8, 4) is 0 Å². The summed E-state index contributed by atoms with van der Waals surface area (Å²) in [6.07, 6.45) is 1.51. The van der Waals surface area contributed by atoms with Crippen LogP contribution in [0.25, 0.3) is 0 Å². The maximum Gasteiger partial charge on any atom is 0.405 e. The topological polar surface area (TPSA) is 65.2 Å². The van der Waals surface area contributed by atoms with Crippen LogP contribution in [0, 0.1) is 5.82 Å². The van der Waals surface area contributed by atoms with Crippen molar-refractivity contribution in [1.29, 1.82) is 0 Å². The summed E-state index contributed by atoms with van der Waals surface area (Å²) in [7, 11) is 0. The van der Waals surface area contributed by atoms with E-state index in [0.29, 0.717) is 23.0 Å². The summed E-state index contributed by atoms with van der Waals surface area (Å²) >= 11 is 3.13. The van der Waals surface area contributed by atoms with Crippen molar-refractivity contribution in [3.63, 3.8) is 0 Å². The molecule has 0 aliphatic rings. The Morgan fingerprint density at radius 2 is 2.29 bits per heavy atom. The van der Waals surface area contributed by atoms with Crippen molar-refractivity contribution in [2.45, 2.75) is 32.3 Å². The molecule has 0 radical (unpaired) electrons. The van der Waals surface area contributed by atoms with Crippen LogP contribution in [0.4, 0.5) is 9.18 Å². The van der Waals surface area contributed by atoms with E-state index in [9.17, 15) is 9.18 Å². The molecule has 0 aliphatic carbocycles. The first-order valence-electron chi connectivity index (χ1n) is 5.08. The summed E-state index contributed by atoms with van der Waals surface area (Å²) in [5.41, 5.74) is 4.55. The van der Waals surface area contributed by atoms with Crippen molar-refractivity contribution in [2.24, 2.45) is 5.73 Å². The number of hydrogen-bond donors (Lipinski definition) is 1. The minimum Gasteiger partial charge on any atom is -0.444 e. The van der Waals surface area contributed by atoms with E-state index in [4.69, 9.17) is 10.5 Å². The number of rotatable bonds is 4. The van der Waals surface area contributed by atoms with Gasteiger partial charge in [0.25, 0.3) is 0 Å². The molecule has 1 amide bonds. The van der Waals surface area contributed by atoms with Crippen LogP contribution >= 0.6 is 15.9 Å². The van der Waals surface area contributed by atoms with Crippen LogP contribution in [0.1, 0.15) is 26.0 Å². The lowest BCUT2D eigenvalue weighted by molar-refractivity contribution is 0.0391. The highest BCUT2D eigenvalue weighted by molar-refractivity contribution is 9.10. The number of amides is 1. The number of carbonyl (C=O) groups is 1. The third-order valence-electron chi connectivity index (χ3n) is 2.22. The van der Waals surface area contributed by atoms with Crippen LogP contribution in [0.2, 0.25) is 0 Å². The van der Waals surface area contributed by atoms with Crippen LogP contribution in [0.3, 0.4) is 0 Å². The largest absolute Gasteiger partial charge is 0.444 e. The molecule has 0 atom stereocenters. The molecule has 0 saturated heterocycles. The zero-order chi connectivity index (χ0) is 13.1. The number of hydrogen-bond acceptors (Lipinski definition) is 3. The molecule has 0 aromatic carbocycles. The van der Waals surface area contributed by atoms with Crippen LogP contribution in [0.15, 0.2) is 16.7 Å². The van der Waals surface area contributed by atoms with Crippen molar-refractivity contribution >= 4 is 22.0 Å². The molecule has 17 heavy (non-hydrogen) atoms. The number of nitrogens with two attached hydrogens (primary N) is 1. The minimum absolute atomic E-state index is 0.342. The Labute approximate surface area is 107 Å². The standard InChI is InChI=1S/C11H14BrFN2O2/c1-11(2,17-10(14)16)4-3-9-8(13)5-7(12)6-15-9/h5-6H,3-4H2,1-2H3,(H2,14,16). The molecule has 0 saturated carbocycles. The van der Waals surface area contributed by atoms with Crippen LogP contribution in [-0.4, -0.2) is 16.7 Å². The fourth-order valence-corrected chi connectivity index (χ4v) is 1.67. The number of primary amides is 1. The van der Waals surface area contributed by atoms with Crippen LogP contribution in [0.5, 0.6) is 0 Å². The molecule has 1 aromatic heterocycles. The molecule has 0 fully saturated rings. The quantitative estimate of drug-likeness (QED) is 0.930. The highest BCUT2D eigenvalue weighted by Gasteiger charge is 2.22. The summed E-state index contributed by atoms with van der Waals surface area (Å²) in [4.78, 5) is 14.6. The zero-order valence-corrected chi connectivity index (χ0v) is 11.3. The van der Waals surface area contributed by atoms with E-state index >= 15 is 0 Å². The maximum absolute atomic E-state index is 13.5. The second-order valence-electron chi connectivity index (χ2n) is 4.26. The Bertz CT molecular complexity index is 424. The van der Waals surface area contributed by atoms with Crippen LogP contribution < -0.4 is 5.73 Å². The van der Waals surface area contributed by atoms with Gasteiger partial charge < -0.3 is 10.5 Å². The Balaban J connectivity index is 2.64. The van der Waals surface area contributed by atoms with Gasteiger partial charge in [-0.05, 0) is 48.7 Å². The molecule has 6 heteroatoms. The average Bonchev–Trinajstić information content (AvgIpc) is 2.14. The number of nitrogens with zero attached hydrogens (tertiary/aromatic N) is 1. The van der Waals surface area contributed by atoms with Gasteiger partial charge in [0.15, 0.2) is 0 Å². The molecular weight excluding hydrogens is 291 g/mol. The predicted molar refractivity (Wildman–Crippen MR) is 65.0 cm³/mol. The van der Waals surface area contributed by atoms with E-state index in [2.05, 4.69) is 20.9 Å². The number of aromatic nitrogens is 1. The van der Waals surface area contributed by atoms with Crippen molar-refractivity contribution < 1.29 is 13.9 Å². The van der Waals surface area contributed by atoms with E-state index in [1.807, 2.05) is 0 Å². The fraction of sp³-hybridized carbons (Fsp3) is 0.455. The van der Waals surface area contributed by atoms with E-state index in [0.717, 1.165) is 0 Å². The number of pyridine rings is 1. The van der Waals surface area contributed by atoms with Gasteiger partial charge in [0, 0.05) is 10.7 Å². The van der Waals surface area contributed by atoms with Gasteiger partial charge in [0.05, 0.1) is 5.69 Å². The monoisotopic (exact) mass is 304 g/mol. The highest BCUT2D eigenvalue weighted by Crippen LogP contribution is 2.19. The second-order valence-corrected chi connectivity index (χ2v) is 5.18. The first-order chi connectivity index (χ1) is 7.80. The van der Waals surface area contributed by atoms with E-state index in [1.54, 1.807) is 13.8 Å². The lowest BCUT2D eigenvalue weighted by Crippen LogP contribution is -2.31. The lowest BCUT2D eigenvalue weighted by atomic mass is 10.0.